The van der Waals surface area contributed by atoms with E-state index in [9.17, 15) is 0 Å². The second-order valence-electron chi connectivity index (χ2n) is 7.83. The Kier molecular flexibility index (Phi) is 3.45. The van der Waals surface area contributed by atoms with E-state index in [1.807, 2.05) is 5.06 Å². The summed E-state index contributed by atoms with van der Waals surface area (Å²) < 4.78 is 0. The molecular weight excluding hydrogens is 268 g/mol. The molecule has 0 aromatic heterocycles. The van der Waals surface area contributed by atoms with E-state index in [0.717, 1.165) is 28.2 Å². The average Bonchev–Trinajstić information content (AvgIpc) is 2.85. The normalized spacial score (nSPS) is 50.4. The summed E-state index contributed by atoms with van der Waals surface area (Å²) >= 11 is 0. The van der Waals surface area contributed by atoms with Gasteiger partial charge < -0.3 is 0 Å². The van der Waals surface area contributed by atoms with Gasteiger partial charge in [0.25, 0.3) is 0 Å². The van der Waals surface area contributed by atoms with Crippen LogP contribution in [0.5, 0.6) is 0 Å². The van der Waals surface area contributed by atoms with E-state index in [-0.39, 0.29) is 0 Å². The van der Waals surface area contributed by atoms with Gasteiger partial charge in [-0.25, -0.2) is 0 Å². The van der Waals surface area contributed by atoms with E-state index in [2.05, 4.69) is 40.1 Å². The second-order valence-corrected chi connectivity index (χ2v) is 18.9. The standard InChI is InChI=1S/C16H33NP2/c1-11-7-8-12(2)18(11)15(5)19(16(18)17-6)13(3)9-10-14(19)4/h11-14,16-19H,5,7-10H2,1-4,6H3/t11-,12-,13-,14-/m1/s1. The zero-order valence-electron chi connectivity index (χ0n) is 13.4. The maximum absolute atomic E-state index is 4.81. The van der Waals surface area contributed by atoms with Crippen molar-refractivity contribution in [3.8, 4) is 0 Å². The van der Waals surface area contributed by atoms with Crippen LogP contribution < -0.4 is 5.32 Å². The SMILES string of the molecule is C=C1[PH]2(C(NC)[PH]13[C@H](C)CC[C@H]3C)[C@H](C)CC[C@H]2C. The monoisotopic (exact) mass is 301 g/mol. The van der Waals surface area contributed by atoms with Crippen molar-refractivity contribution in [1.82, 2.24) is 5.32 Å². The molecule has 0 aromatic rings. The van der Waals surface area contributed by atoms with Gasteiger partial charge in [0.15, 0.2) is 0 Å². The van der Waals surface area contributed by atoms with Gasteiger partial charge in [-0.1, -0.05) is 0 Å². The Morgan fingerprint density at radius 3 is 1.42 bits per heavy atom. The molecule has 3 aliphatic heterocycles. The van der Waals surface area contributed by atoms with E-state index >= 15 is 0 Å². The predicted octanol–water partition coefficient (Wildman–Crippen LogP) is 4.62. The zero-order chi connectivity index (χ0) is 14.0. The summed E-state index contributed by atoms with van der Waals surface area (Å²) in [6.07, 6.45) is 5.88. The van der Waals surface area contributed by atoms with Crippen molar-refractivity contribution in [1.29, 1.82) is 0 Å². The average molecular weight is 301 g/mol. The third-order valence-electron chi connectivity index (χ3n) is 7.62. The van der Waals surface area contributed by atoms with E-state index in [4.69, 9.17) is 6.58 Å². The summed E-state index contributed by atoms with van der Waals surface area (Å²) in [5, 5.41) is 5.78. The molecule has 0 saturated carbocycles. The van der Waals surface area contributed by atoms with Crippen LogP contribution in [0.2, 0.25) is 0 Å². The number of nitrogens with one attached hydrogen (secondary N) is 1. The van der Waals surface area contributed by atoms with Crippen molar-refractivity contribution in [3.63, 3.8) is 0 Å². The third-order valence-corrected chi connectivity index (χ3v) is 25.3. The van der Waals surface area contributed by atoms with Crippen molar-refractivity contribution in [2.24, 2.45) is 0 Å². The van der Waals surface area contributed by atoms with Crippen molar-refractivity contribution in [2.45, 2.75) is 81.5 Å². The molecule has 3 heterocycles. The fourth-order valence-corrected chi connectivity index (χ4v) is 31.0. The fourth-order valence-electron chi connectivity index (χ4n) is 6.77. The molecule has 0 aromatic carbocycles. The molecular formula is C16H33NP2. The first-order valence-corrected chi connectivity index (χ1v) is 12.8. The van der Waals surface area contributed by atoms with Crippen LogP contribution in [-0.2, 0) is 0 Å². The molecule has 4 atom stereocenters. The maximum atomic E-state index is 4.81. The summed E-state index contributed by atoms with van der Waals surface area (Å²) in [6, 6.07) is 0. The molecule has 0 aliphatic carbocycles. The van der Waals surface area contributed by atoms with Gasteiger partial charge in [-0.3, -0.25) is 0 Å². The molecule has 3 rings (SSSR count). The van der Waals surface area contributed by atoms with Crippen LogP contribution in [0, 0.1) is 0 Å². The van der Waals surface area contributed by atoms with Gasteiger partial charge in [0.1, 0.15) is 0 Å². The van der Waals surface area contributed by atoms with Crippen LogP contribution in [0.15, 0.2) is 11.6 Å². The van der Waals surface area contributed by atoms with E-state index < -0.39 is 14.5 Å². The minimum atomic E-state index is -1.28. The molecule has 3 heteroatoms. The van der Waals surface area contributed by atoms with Gasteiger partial charge in [-0.05, 0) is 0 Å². The van der Waals surface area contributed by atoms with Gasteiger partial charge in [-0.15, -0.1) is 0 Å². The van der Waals surface area contributed by atoms with Gasteiger partial charge in [-0.2, -0.15) is 0 Å². The Hall–Kier alpha value is 0.560. The van der Waals surface area contributed by atoms with Crippen LogP contribution in [0.4, 0.5) is 0 Å². The Balaban J connectivity index is 2.07. The molecule has 1 nitrogen and oxygen atoms in total. The molecule has 0 bridgehead atoms. The van der Waals surface area contributed by atoms with E-state index in [1.54, 1.807) is 0 Å². The van der Waals surface area contributed by atoms with E-state index in [1.165, 1.54) is 25.7 Å². The Morgan fingerprint density at radius 1 is 0.842 bits per heavy atom. The number of rotatable bonds is 1. The summed E-state index contributed by atoms with van der Waals surface area (Å²) in [5.41, 5.74) is 4.85. The fraction of sp³-hybridized carbons (Fsp3) is 0.875. The van der Waals surface area contributed by atoms with Crippen molar-refractivity contribution in [2.75, 3.05) is 7.05 Å². The zero-order valence-corrected chi connectivity index (χ0v) is 15.4. The van der Waals surface area contributed by atoms with Crippen LogP contribution in [0.1, 0.15) is 53.4 Å². The van der Waals surface area contributed by atoms with Gasteiger partial charge in [0, 0.05) is 0 Å². The molecule has 0 amide bonds. The Bertz CT molecular complexity index is 352. The second kappa shape index (κ2) is 4.53. The summed E-state index contributed by atoms with van der Waals surface area (Å²) in [7, 11) is -0.308. The molecule has 0 radical (unpaired) electrons. The molecule has 112 valence electrons. The molecule has 3 saturated heterocycles. The summed E-state index contributed by atoms with van der Waals surface area (Å²) in [5.74, 6) is 0. The number of hydrogen-bond acceptors (Lipinski definition) is 1. The minimum absolute atomic E-state index is 0.937. The molecule has 3 fully saturated rings. The molecule has 19 heavy (non-hydrogen) atoms. The summed E-state index contributed by atoms with van der Waals surface area (Å²) in [4.78, 5) is 0. The van der Waals surface area contributed by atoms with Crippen LogP contribution in [0.25, 0.3) is 0 Å². The van der Waals surface area contributed by atoms with Crippen LogP contribution in [-0.4, -0.2) is 35.2 Å². The van der Waals surface area contributed by atoms with Gasteiger partial charge >= 0.3 is 120 Å². The van der Waals surface area contributed by atoms with E-state index in [0.29, 0.717) is 0 Å². The first-order valence-electron chi connectivity index (χ1n) is 8.32. The number of hydrogen-bond donors (Lipinski definition) is 1. The van der Waals surface area contributed by atoms with Crippen molar-refractivity contribution in [3.05, 3.63) is 11.6 Å². The van der Waals surface area contributed by atoms with Gasteiger partial charge in [0.2, 0.25) is 0 Å². The Morgan fingerprint density at radius 2 is 1.16 bits per heavy atom. The Labute approximate surface area is 120 Å². The molecule has 0 unspecified atom stereocenters. The first-order chi connectivity index (χ1) is 8.94. The molecule has 2 spiro atoms. The molecule has 3 aliphatic rings. The topological polar surface area (TPSA) is 12.0 Å². The first kappa shape index (κ1) is 14.5. The quantitative estimate of drug-likeness (QED) is 0.697. The predicted molar refractivity (Wildman–Crippen MR) is 94.9 cm³/mol. The van der Waals surface area contributed by atoms with Crippen LogP contribution >= 0.6 is 14.5 Å². The third kappa shape index (κ3) is 1.39. The van der Waals surface area contributed by atoms with Crippen LogP contribution in [0.3, 0.4) is 0 Å². The summed E-state index contributed by atoms with van der Waals surface area (Å²) in [6.45, 7) is 15.0. The van der Waals surface area contributed by atoms with Crippen molar-refractivity contribution >= 4 is 14.5 Å². The van der Waals surface area contributed by atoms with Crippen molar-refractivity contribution < 1.29 is 0 Å². The van der Waals surface area contributed by atoms with Gasteiger partial charge in [0.05, 0.1) is 0 Å². The molecule has 1 N–H and O–H groups in total.